The summed E-state index contributed by atoms with van der Waals surface area (Å²) < 4.78 is 0. The molecule has 0 saturated carbocycles. The standard InChI is InChI=1S/2FH.H4N2/c;;1-2/h2*1H;1-2H2/p+1. The molecule has 0 aliphatic rings. The number of hydrogen-bond donors (Lipinski definition) is 2. The first-order valence-electron chi connectivity index (χ1n) is 0.333. The van der Waals surface area contributed by atoms with Crippen molar-refractivity contribution in [2.24, 2.45) is 11.7 Å². The third-order valence-corrected chi connectivity index (χ3v) is 0. The molecule has 0 heterocycles. The molecule has 4 N–H and O–H groups in total. The lowest BCUT2D eigenvalue weighted by Crippen LogP contribution is -2.02. The number of rotatable bonds is 0. The smallest absolute Gasteiger partial charge is 0.274 e. The Balaban J connectivity index is -0.00000000167. The summed E-state index contributed by atoms with van der Waals surface area (Å²) in [7, 11) is 0. The SMILES string of the molecule is F.F.NN.[H+]. The monoisotopic (exact) mass is 73.1 g/mol. The summed E-state index contributed by atoms with van der Waals surface area (Å²) in [5.74, 6) is 8.00. The van der Waals surface area contributed by atoms with Crippen molar-refractivity contribution >= 4 is 0 Å². The van der Waals surface area contributed by atoms with E-state index in [1.165, 1.54) is 0 Å². The summed E-state index contributed by atoms with van der Waals surface area (Å²) >= 11 is 0. The van der Waals surface area contributed by atoms with Gasteiger partial charge in [0.1, 0.15) is 0 Å². The molecule has 0 amide bonds. The van der Waals surface area contributed by atoms with Gasteiger partial charge in [0.25, 0.3) is 0 Å². The van der Waals surface area contributed by atoms with Gasteiger partial charge >= 0.3 is 1.43 Å². The van der Waals surface area contributed by atoms with E-state index in [0.717, 1.165) is 0 Å². The molecule has 0 atom stereocenters. The van der Waals surface area contributed by atoms with Gasteiger partial charge < -0.3 is 0 Å². The van der Waals surface area contributed by atoms with Crippen LogP contribution in [0.2, 0.25) is 0 Å². The van der Waals surface area contributed by atoms with Gasteiger partial charge in [0.15, 0.2) is 0 Å². The van der Waals surface area contributed by atoms with E-state index in [-0.39, 0.29) is 10.8 Å². The highest BCUT2D eigenvalue weighted by Crippen LogP contribution is 0.421. The van der Waals surface area contributed by atoms with Gasteiger partial charge in [-0.15, -0.1) is 0 Å². The minimum atomic E-state index is 0. The molecule has 0 fully saturated rings. The van der Waals surface area contributed by atoms with E-state index >= 15 is 0 Å². The van der Waals surface area contributed by atoms with Crippen molar-refractivity contribution in [3.63, 3.8) is 0 Å². The van der Waals surface area contributed by atoms with Crippen LogP contribution in [0.4, 0.5) is 9.41 Å². The molecule has 0 saturated heterocycles. The Kier molecular flexibility index (Phi) is 2180. The molecule has 0 aliphatic heterocycles. The lowest BCUT2D eigenvalue weighted by molar-refractivity contribution is 1.11. The molecule has 0 radical (unpaired) electrons. The summed E-state index contributed by atoms with van der Waals surface area (Å²) in [6.45, 7) is 0. The zero-order valence-electron chi connectivity index (χ0n) is 2.97. The van der Waals surface area contributed by atoms with Crippen LogP contribution >= 0.6 is 0 Å². The van der Waals surface area contributed by atoms with E-state index in [2.05, 4.69) is 11.7 Å². The van der Waals surface area contributed by atoms with Gasteiger partial charge in [0.2, 0.25) is 0 Å². The maximum atomic E-state index is 4.00. The molecule has 0 unspecified atom stereocenters. The Morgan fingerprint density at radius 1 is 1.00 bits per heavy atom. The Morgan fingerprint density at radius 3 is 1.00 bits per heavy atom. The fourth-order valence-electron chi connectivity index (χ4n) is 0. The highest BCUT2D eigenvalue weighted by molar-refractivity contribution is 3.26. The minimum absolute atomic E-state index is 0. The van der Waals surface area contributed by atoms with Gasteiger partial charge in [-0.2, -0.15) is 0 Å². The van der Waals surface area contributed by atoms with Crippen LogP contribution in [0.1, 0.15) is 1.43 Å². The van der Waals surface area contributed by atoms with Gasteiger partial charge in [-0.3, -0.25) is 21.1 Å². The Hall–Kier alpha value is -0.220. The number of hydrazine groups is 1. The van der Waals surface area contributed by atoms with Crippen LogP contribution in [0.25, 0.3) is 0 Å². The first kappa shape index (κ1) is 48.0. The van der Waals surface area contributed by atoms with Gasteiger partial charge in [0.05, 0.1) is 0 Å². The lowest BCUT2D eigenvalue weighted by Gasteiger charge is -1.27. The summed E-state index contributed by atoms with van der Waals surface area (Å²) in [5.41, 5.74) is 0. The summed E-state index contributed by atoms with van der Waals surface area (Å²) in [6, 6.07) is 0. The molecule has 2 nitrogen and oxygen atoms in total. The molecule has 4 heavy (non-hydrogen) atoms. The average molecular weight is 73.1 g/mol. The van der Waals surface area contributed by atoms with Crippen molar-refractivity contribution in [2.75, 3.05) is 0 Å². The number of hydrogen-bond acceptors (Lipinski definition) is 2. The molecule has 0 aromatic rings. The first-order chi connectivity index (χ1) is 1.00. The van der Waals surface area contributed by atoms with Gasteiger partial charge in [-0.1, -0.05) is 0 Å². The number of halogens is 2. The second-order valence-corrected chi connectivity index (χ2v) is 0. The Labute approximate surface area is 24.0 Å². The molecule has 0 bridgehead atoms. The van der Waals surface area contributed by atoms with E-state index in [4.69, 9.17) is 0 Å². The molecule has 4 heteroatoms. The fourth-order valence-corrected chi connectivity index (χ4v) is 0. The van der Waals surface area contributed by atoms with E-state index in [1.807, 2.05) is 0 Å². The predicted molar refractivity (Wildman–Crippen MR) is 14.5 cm³/mol. The van der Waals surface area contributed by atoms with Crippen molar-refractivity contribution in [3.8, 4) is 0 Å². The molecular formula is H7F2N2+. The van der Waals surface area contributed by atoms with Crippen molar-refractivity contribution in [1.82, 2.24) is 0 Å². The van der Waals surface area contributed by atoms with Gasteiger partial charge in [0, 0.05) is 0 Å². The second-order valence-electron chi connectivity index (χ2n) is 0. The van der Waals surface area contributed by atoms with Crippen LogP contribution in [0.5, 0.6) is 0 Å². The average Bonchev–Trinajstić information content (AvgIpc) is 1.00. The van der Waals surface area contributed by atoms with Gasteiger partial charge in [-0.05, 0) is 0 Å². The zero-order valence-corrected chi connectivity index (χ0v) is 1.97. The summed E-state index contributed by atoms with van der Waals surface area (Å²) in [6.07, 6.45) is 0. The summed E-state index contributed by atoms with van der Waals surface area (Å²) in [4.78, 5) is 0. The molecule has 0 aromatic carbocycles. The Morgan fingerprint density at radius 2 is 1.00 bits per heavy atom. The maximum Gasteiger partial charge on any atom is 1.00 e. The maximum absolute atomic E-state index is 4.00. The van der Waals surface area contributed by atoms with E-state index in [0.29, 0.717) is 0 Å². The lowest BCUT2D eigenvalue weighted by atomic mass is 13.0. The normalized spacial score (nSPS) is 1.50. The van der Waals surface area contributed by atoms with E-state index in [9.17, 15) is 0 Å². The second kappa shape index (κ2) is 182. The van der Waals surface area contributed by atoms with E-state index < -0.39 is 0 Å². The van der Waals surface area contributed by atoms with Crippen LogP contribution in [-0.2, 0) is 0 Å². The van der Waals surface area contributed by atoms with Crippen LogP contribution in [0.15, 0.2) is 0 Å². The zero-order chi connectivity index (χ0) is 2.00. The van der Waals surface area contributed by atoms with Crippen molar-refractivity contribution in [3.05, 3.63) is 0 Å². The van der Waals surface area contributed by atoms with Crippen LogP contribution in [-0.4, -0.2) is 0 Å². The van der Waals surface area contributed by atoms with Gasteiger partial charge in [-0.25, -0.2) is 0 Å². The summed E-state index contributed by atoms with van der Waals surface area (Å²) in [5, 5.41) is 0. The predicted octanol–water partition coefficient (Wildman–Crippen LogP) is -0.764. The highest BCUT2D eigenvalue weighted by Gasteiger charge is 0.726. The van der Waals surface area contributed by atoms with E-state index in [1.54, 1.807) is 0 Å². The van der Waals surface area contributed by atoms with Crippen LogP contribution < -0.4 is 11.7 Å². The quantitative estimate of drug-likeness (QED) is 0.292. The topological polar surface area (TPSA) is 52.0 Å². The molecule has 30 valence electrons. The largest absolute Gasteiger partial charge is 1.00 e. The van der Waals surface area contributed by atoms with Crippen molar-refractivity contribution in [2.45, 2.75) is 0 Å². The van der Waals surface area contributed by atoms with Crippen LogP contribution in [0.3, 0.4) is 0 Å². The highest BCUT2D eigenvalue weighted by atomic mass is 19.0. The molecule has 0 spiro atoms. The third-order valence-electron chi connectivity index (χ3n) is 0. The molecule has 0 aliphatic carbocycles. The van der Waals surface area contributed by atoms with Crippen LogP contribution in [0, 0.1) is 0 Å². The molecular weight excluding hydrogens is 66.0 g/mol. The van der Waals surface area contributed by atoms with Crippen molar-refractivity contribution in [1.29, 1.82) is 0 Å². The minimum Gasteiger partial charge on any atom is -0.274 e. The Bertz CT molecular complexity index is 7.61. The molecule has 0 aromatic heterocycles. The molecule has 0 rings (SSSR count). The first-order valence-corrected chi connectivity index (χ1v) is 0.333. The third kappa shape index (κ3) is 22.4. The number of nitrogens with two attached hydrogens (primary N) is 2. The van der Waals surface area contributed by atoms with Crippen molar-refractivity contribution < 1.29 is 10.8 Å². The fraction of sp³-hybridized carbons (Fsp3) is 0.